The van der Waals surface area contributed by atoms with Gasteiger partial charge in [-0.3, -0.25) is 0 Å². The molecule has 3 rings (SSSR count). The van der Waals surface area contributed by atoms with Gasteiger partial charge < -0.3 is 25.4 Å². The Morgan fingerprint density at radius 3 is 2.92 bits per heavy atom. The van der Waals surface area contributed by atoms with Crippen LogP contribution in [0.4, 0.5) is 16.2 Å². The highest BCUT2D eigenvalue weighted by molar-refractivity contribution is 5.89. The van der Waals surface area contributed by atoms with Crippen LogP contribution in [0.3, 0.4) is 0 Å². The minimum atomic E-state index is -0.252. The predicted molar refractivity (Wildman–Crippen MR) is 103 cm³/mol. The van der Waals surface area contributed by atoms with E-state index in [1.54, 1.807) is 25.3 Å². The molecule has 138 valence electrons. The Labute approximate surface area is 153 Å². The first kappa shape index (κ1) is 17.9. The zero-order valence-corrected chi connectivity index (χ0v) is 15.2. The van der Waals surface area contributed by atoms with Crippen molar-refractivity contribution in [2.45, 2.75) is 26.3 Å². The van der Waals surface area contributed by atoms with E-state index in [1.807, 2.05) is 13.0 Å². The number of carbonyl (C=O) groups is 1. The van der Waals surface area contributed by atoms with E-state index in [1.165, 1.54) is 11.3 Å². The van der Waals surface area contributed by atoms with E-state index in [4.69, 9.17) is 9.47 Å². The molecule has 0 saturated carbocycles. The van der Waals surface area contributed by atoms with E-state index >= 15 is 0 Å². The molecule has 0 aliphatic carbocycles. The van der Waals surface area contributed by atoms with Crippen LogP contribution in [-0.2, 0) is 13.0 Å². The molecule has 0 fully saturated rings. The fraction of sp³-hybridized carbons (Fsp3) is 0.350. The molecular weight excluding hydrogens is 330 g/mol. The lowest BCUT2D eigenvalue weighted by Gasteiger charge is -2.21. The summed E-state index contributed by atoms with van der Waals surface area (Å²) < 4.78 is 10.8. The monoisotopic (exact) mass is 355 g/mol. The van der Waals surface area contributed by atoms with Crippen LogP contribution >= 0.6 is 0 Å². The van der Waals surface area contributed by atoms with Gasteiger partial charge in [0.1, 0.15) is 0 Å². The molecule has 0 atom stereocenters. The van der Waals surface area contributed by atoms with Crippen LogP contribution in [0.25, 0.3) is 0 Å². The summed E-state index contributed by atoms with van der Waals surface area (Å²) >= 11 is 0. The SMILES string of the molecule is CCOc1ccc(NC(=O)NCc2cccc3c2CCCN3)cc1OC. The van der Waals surface area contributed by atoms with Gasteiger partial charge in [-0.05, 0) is 49.1 Å². The van der Waals surface area contributed by atoms with Gasteiger partial charge in [0.15, 0.2) is 11.5 Å². The van der Waals surface area contributed by atoms with Crippen LogP contribution in [-0.4, -0.2) is 26.3 Å². The summed E-state index contributed by atoms with van der Waals surface area (Å²) in [6, 6.07) is 11.2. The number of anilines is 2. The van der Waals surface area contributed by atoms with E-state index in [2.05, 4.69) is 28.1 Å². The molecule has 0 saturated heterocycles. The molecule has 26 heavy (non-hydrogen) atoms. The number of nitrogens with one attached hydrogen (secondary N) is 3. The van der Waals surface area contributed by atoms with Crippen molar-refractivity contribution in [1.29, 1.82) is 0 Å². The summed E-state index contributed by atoms with van der Waals surface area (Å²) in [6.45, 7) is 3.96. The molecular formula is C20H25N3O3. The maximum absolute atomic E-state index is 12.3. The smallest absolute Gasteiger partial charge is 0.319 e. The van der Waals surface area contributed by atoms with Crippen LogP contribution in [0.15, 0.2) is 36.4 Å². The number of carbonyl (C=O) groups excluding carboxylic acids is 1. The molecule has 0 aromatic heterocycles. The Kier molecular flexibility index (Phi) is 5.84. The van der Waals surface area contributed by atoms with Crippen molar-refractivity contribution < 1.29 is 14.3 Å². The molecule has 0 spiro atoms. The molecule has 3 N–H and O–H groups in total. The summed E-state index contributed by atoms with van der Waals surface area (Å²) in [7, 11) is 1.58. The lowest BCUT2D eigenvalue weighted by molar-refractivity contribution is 0.251. The number of methoxy groups -OCH3 is 1. The van der Waals surface area contributed by atoms with Crippen molar-refractivity contribution in [3.63, 3.8) is 0 Å². The fourth-order valence-electron chi connectivity index (χ4n) is 3.12. The van der Waals surface area contributed by atoms with Crippen molar-refractivity contribution in [1.82, 2.24) is 5.32 Å². The van der Waals surface area contributed by atoms with Crippen molar-refractivity contribution in [3.8, 4) is 11.5 Å². The van der Waals surface area contributed by atoms with Crippen LogP contribution in [0, 0.1) is 0 Å². The van der Waals surface area contributed by atoms with E-state index in [-0.39, 0.29) is 6.03 Å². The van der Waals surface area contributed by atoms with E-state index in [0.29, 0.717) is 30.3 Å². The highest BCUT2D eigenvalue weighted by Crippen LogP contribution is 2.30. The molecule has 2 amide bonds. The normalized spacial score (nSPS) is 12.5. The molecule has 1 heterocycles. The molecule has 6 nitrogen and oxygen atoms in total. The molecule has 2 aromatic rings. The number of fused-ring (bicyclic) bond motifs is 1. The summed E-state index contributed by atoms with van der Waals surface area (Å²) in [5, 5.41) is 9.16. The van der Waals surface area contributed by atoms with Gasteiger partial charge in [0.2, 0.25) is 0 Å². The molecule has 2 aromatic carbocycles. The van der Waals surface area contributed by atoms with Gasteiger partial charge in [0, 0.05) is 30.5 Å². The topological polar surface area (TPSA) is 71.6 Å². The minimum Gasteiger partial charge on any atom is -0.493 e. The Morgan fingerprint density at radius 1 is 1.23 bits per heavy atom. The number of urea groups is 1. The molecule has 6 heteroatoms. The Morgan fingerprint density at radius 2 is 2.12 bits per heavy atom. The maximum atomic E-state index is 12.3. The van der Waals surface area contributed by atoms with Gasteiger partial charge in [-0.2, -0.15) is 0 Å². The van der Waals surface area contributed by atoms with Crippen LogP contribution in [0.2, 0.25) is 0 Å². The number of amides is 2. The Bertz CT molecular complexity index is 777. The number of ether oxygens (including phenoxy) is 2. The summed E-state index contributed by atoms with van der Waals surface area (Å²) in [5.74, 6) is 1.25. The third-order valence-corrected chi connectivity index (χ3v) is 4.35. The second-order valence-corrected chi connectivity index (χ2v) is 6.08. The lowest BCUT2D eigenvalue weighted by atomic mass is 9.97. The highest BCUT2D eigenvalue weighted by atomic mass is 16.5. The maximum Gasteiger partial charge on any atom is 0.319 e. The third-order valence-electron chi connectivity index (χ3n) is 4.35. The van der Waals surface area contributed by atoms with Gasteiger partial charge in [-0.25, -0.2) is 4.79 Å². The van der Waals surface area contributed by atoms with Crippen molar-refractivity contribution in [2.75, 3.05) is 30.9 Å². The average Bonchev–Trinajstić information content (AvgIpc) is 2.67. The van der Waals surface area contributed by atoms with Gasteiger partial charge in [-0.1, -0.05) is 12.1 Å². The molecule has 0 unspecified atom stereocenters. The fourth-order valence-corrected chi connectivity index (χ4v) is 3.12. The molecule has 1 aliphatic heterocycles. The van der Waals surface area contributed by atoms with Crippen LogP contribution in [0.1, 0.15) is 24.5 Å². The summed E-state index contributed by atoms with van der Waals surface area (Å²) in [4.78, 5) is 12.3. The van der Waals surface area contributed by atoms with Gasteiger partial charge >= 0.3 is 6.03 Å². The number of hydrogen-bond acceptors (Lipinski definition) is 4. The first-order valence-corrected chi connectivity index (χ1v) is 8.91. The largest absolute Gasteiger partial charge is 0.493 e. The van der Waals surface area contributed by atoms with E-state index in [9.17, 15) is 4.79 Å². The third kappa shape index (κ3) is 4.20. The highest BCUT2D eigenvalue weighted by Gasteiger charge is 2.13. The van der Waals surface area contributed by atoms with Crippen molar-refractivity contribution in [2.24, 2.45) is 0 Å². The lowest BCUT2D eigenvalue weighted by Crippen LogP contribution is -2.29. The van der Waals surface area contributed by atoms with Gasteiger partial charge in [-0.15, -0.1) is 0 Å². The van der Waals surface area contributed by atoms with Crippen LogP contribution in [0.5, 0.6) is 11.5 Å². The number of rotatable bonds is 6. The number of hydrogen-bond donors (Lipinski definition) is 3. The average molecular weight is 355 g/mol. The second kappa shape index (κ2) is 8.47. The van der Waals surface area contributed by atoms with Crippen LogP contribution < -0.4 is 25.4 Å². The number of benzene rings is 2. The second-order valence-electron chi connectivity index (χ2n) is 6.08. The zero-order valence-electron chi connectivity index (χ0n) is 15.2. The van der Waals surface area contributed by atoms with Gasteiger partial charge in [0.25, 0.3) is 0 Å². The molecule has 1 aliphatic rings. The Balaban J connectivity index is 1.61. The zero-order chi connectivity index (χ0) is 18.4. The predicted octanol–water partition coefficient (Wildman–Crippen LogP) is 3.77. The van der Waals surface area contributed by atoms with Gasteiger partial charge in [0.05, 0.1) is 13.7 Å². The van der Waals surface area contributed by atoms with Crippen molar-refractivity contribution >= 4 is 17.4 Å². The van der Waals surface area contributed by atoms with Crippen molar-refractivity contribution in [3.05, 3.63) is 47.5 Å². The Hall–Kier alpha value is -2.89. The first-order chi connectivity index (χ1) is 12.7. The summed E-state index contributed by atoms with van der Waals surface area (Å²) in [5.41, 5.74) is 4.27. The minimum absolute atomic E-state index is 0.252. The molecule has 0 radical (unpaired) electrons. The first-order valence-electron chi connectivity index (χ1n) is 8.91. The summed E-state index contributed by atoms with van der Waals surface area (Å²) in [6.07, 6.45) is 2.15. The van der Waals surface area contributed by atoms with E-state index < -0.39 is 0 Å². The quantitative estimate of drug-likeness (QED) is 0.737. The molecule has 0 bridgehead atoms. The standard InChI is InChI=1S/C20H25N3O3/c1-3-26-18-10-9-15(12-19(18)25-2)23-20(24)22-13-14-6-4-8-17-16(14)7-5-11-21-17/h4,6,8-10,12,21H,3,5,7,11,13H2,1-2H3,(H2,22,23,24). The van der Waals surface area contributed by atoms with E-state index in [0.717, 1.165) is 24.9 Å².